The molecule has 0 bridgehead atoms. The summed E-state index contributed by atoms with van der Waals surface area (Å²) < 4.78 is 6.18. The Morgan fingerprint density at radius 3 is 2.53 bits per heavy atom. The van der Waals surface area contributed by atoms with E-state index in [1.165, 1.54) is 0 Å². The SMILES string of the molecule is O=C(CCc1nc(-c2ccccc2)c(-c2ccccc2)o1)N1CCCC(c2ncc[nH]2)C1. The van der Waals surface area contributed by atoms with E-state index in [1.54, 1.807) is 6.20 Å². The molecule has 6 nitrogen and oxygen atoms in total. The first-order chi connectivity index (χ1) is 15.8. The minimum absolute atomic E-state index is 0.141. The maximum atomic E-state index is 12.9. The number of likely N-dealkylation sites (tertiary alicyclic amines) is 1. The molecule has 5 rings (SSSR count). The van der Waals surface area contributed by atoms with Gasteiger partial charge in [0.25, 0.3) is 0 Å². The van der Waals surface area contributed by atoms with Crippen molar-refractivity contribution >= 4 is 5.91 Å². The maximum Gasteiger partial charge on any atom is 0.223 e. The first-order valence-corrected chi connectivity index (χ1v) is 11.2. The molecule has 2 aromatic heterocycles. The summed E-state index contributed by atoms with van der Waals surface area (Å²) in [5.74, 6) is 2.72. The summed E-state index contributed by atoms with van der Waals surface area (Å²) in [5.41, 5.74) is 2.80. The van der Waals surface area contributed by atoms with Crippen LogP contribution in [0.4, 0.5) is 0 Å². The number of H-pyrrole nitrogens is 1. The number of aromatic nitrogens is 3. The molecule has 1 amide bonds. The predicted octanol–water partition coefficient (Wildman–Crippen LogP) is 5.07. The molecule has 1 saturated heterocycles. The lowest BCUT2D eigenvalue weighted by molar-refractivity contribution is -0.132. The van der Waals surface area contributed by atoms with Crippen molar-refractivity contribution in [1.82, 2.24) is 19.9 Å². The molecular formula is C26H26N4O2. The molecule has 2 aromatic carbocycles. The summed E-state index contributed by atoms with van der Waals surface area (Å²) >= 11 is 0. The van der Waals surface area contributed by atoms with Crippen LogP contribution in [0.2, 0.25) is 0 Å². The number of amides is 1. The lowest BCUT2D eigenvalue weighted by Crippen LogP contribution is -2.39. The normalized spacial score (nSPS) is 16.2. The smallest absolute Gasteiger partial charge is 0.223 e. The van der Waals surface area contributed by atoms with E-state index in [9.17, 15) is 4.79 Å². The number of carbonyl (C=O) groups is 1. The van der Waals surface area contributed by atoms with Crippen molar-refractivity contribution in [2.45, 2.75) is 31.6 Å². The first-order valence-electron chi connectivity index (χ1n) is 11.2. The highest BCUT2D eigenvalue weighted by Crippen LogP contribution is 2.33. The van der Waals surface area contributed by atoms with Gasteiger partial charge >= 0.3 is 0 Å². The molecule has 162 valence electrons. The van der Waals surface area contributed by atoms with Gasteiger partial charge in [-0.3, -0.25) is 4.79 Å². The highest BCUT2D eigenvalue weighted by Gasteiger charge is 2.26. The van der Waals surface area contributed by atoms with E-state index in [0.29, 0.717) is 25.3 Å². The molecule has 1 fully saturated rings. The molecule has 1 atom stereocenters. The Hall–Kier alpha value is -3.67. The predicted molar refractivity (Wildman–Crippen MR) is 123 cm³/mol. The quantitative estimate of drug-likeness (QED) is 0.467. The molecule has 0 radical (unpaired) electrons. The molecule has 4 aromatic rings. The minimum atomic E-state index is 0.141. The Bertz CT molecular complexity index is 1100. The summed E-state index contributed by atoms with van der Waals surface area (Å²) in [5, 5.41) is 0. The van der Waals surface area contributed by atoms with Gasteiger partial charge in [-0.2, -0.15) is 0 Å². The van der Waals surface area contributed by atoms with Crippen LogP contribution < -0.4 is 0 Å². The van der Waals surface area contributed by atoms with Crippen LogP contribution in [-0.2, 0) is 11.2 Å². The standard InChI is InChI=1S/C26H26N4O2/c31-23(30-17-7-12-21(18-30)26-27-15-16-28-26)14-13-22-29-24(19-8-3-1-4-9-19)25(32-22)20-10-5-2-6-11-20/h1-6,8-11,15-16,21H,7,12-14,17-18H2,(H,27,28). The number of imidazole rings is 1. The number of nitrogens with one attached hydrogen (secondary N) is 1. The van der Waals surface area contributed by atoms with E-state index < -0.39 is 0 Å². The maximum absolute atomic E-state index is 12.9. The molecule has 1 N–H and O–H groups in total. The summed E-state index contributed by atoms with van der Waals surface area (Å²) in [7, 11) is 0. The highest BCUT2D eigenvalue weighted by atomic mass is 16.4. The lowest BCUT2D eigenvalue weighted by atomic mass is 9.97. The number of oxazole rings is 1. The van der Waals surface area contributed by atoms with Gasteiger partial charge in [0.05, 0.1) is 0 Å². The van der Waals surface area contributed by atoms with Gasteiger partial charge in [0.2, 0.25) is 5.91 Å². The van der Waals surface area contributed by atoms with Crippen molar-refractivity contribution in [3.05, 3.63) is 84.8 Å². The monoisotopic (exact) mass is 426 g/mol. The molecule has 1 aliphatic heterocycles. The van der Waals surface area contributed by atoms with Gasteiger partial charge in [-0.05, 0) is 12.8 Å². The van der Waals surface area contributed by atoms with Crippen molar-refractivity contribution in [2.75, 3.05) is 13.1 Å². The number of aromatic amines is 1. The van der Waals surface area contributed by atoms with Crippen molar-refractivity contribution in [3.8, 4) is 22.6 Å². The fourth-order valence-corrected chi connectivity index (χ4v) is 4.35. The third-order valence-electron chi connectivity index (χ3n) is 5.99. The average molecular weight is 427 g/mol. The fraction of sp³-hybridized carbons (Fsp3) is 0.269. The van der Waals surface area contributed by atoms with Gasteiger partial charge in [0.1, 0.15) is 11.5 Å². The average Bonchev–Trinajstić information content (AvgIpc) is 3.54. The summed E-state index contributed by atoms with van der Waals surface area (Å²) in [6.45, 7) is 1.51. The Labute approximate surface area is 187 Å². The van der Waals surface area contributed by atoms with Gasteiger partial charge in [-0.1, -0.05) is 60.7 Å². The van der Waals surface area contributed by atoms with Crippen LogP contribution in [-0.4, -0.2) is 38.8 Å². The number of piperidine rings is 1. The van der Waals surface area contributed by atoms with Gasteiger partial charge in [-0.15, -0.1) is 0 Å². The van der Waals surface area contributed by atoms with E-state index >= 15 is 0 Å². The van der Waals surface area contributed by atoms with Gasteiger partial charge < -0.3 is 14.3 Å². The van der Waals surface area contributed by atoms with Crippen molar-refractivity contribution in [3.63, 3.8) is 0 Å². The van der Waals surface area contributed by atoms with E-state index in [4.69, 9.17) is 9.40 Å². The van der Waals surface area contributed by atoms with E-state index in [1.807, 2.05) is 71.8 Å². The van der Waals surface area contributed by atoms with Crippen molar-refractivity contribution < 1.29 is 9.21 Å². The number of carbonyl (C=O) groups excluding carboxylic acids is 1. The second kappa shape index (κ2) is 9.22. The Kier molecular flexibility index (Phi) is 5.83. The van der Waals surface area contributed by atoms with Crippen LogP contribution in [0.5, 0.6) is 0 Å². The third kappa shape index (κ3) is 4.35. The van der Waals surface area contributed by atoms with E-state index in [2.05, 4.69) is 9.97 Å². The van der Waals surface area contributed by atoms with Crippen molar-refractivity contribution in [2.24, 2.45) is 0 Å². The van der Waals surface area contributed by atoms with Crippen LogP contribution in [0.1, 0.15) is 36.9 Å². The van der Waals surface area contributed by atoms with Crippen molar-refractivity contribution in [1.29, 1.82) is 0 Å². The zero-order valence-corrected chi connectivity index (χ0v) is 17.9. The first kappa shape index (κ1) is 20.2. The number of aryl methyl sites for hydroxylation is 1. The van der Waals surface area contributed by atoms with Gasteiger partial charge in [0, 0.05) is 55.4 Å². The number of hydrogen-bond acceptors (Lipinski definition) is 4. The van der Waals surface area contributed by atoms with E-state index in [0.717, 1.165) is 47.8 Å². The molecule has 1 unspecified atom stereocenters. The molecule has 3 heterocycles. The van der Waals surface area contributed by atoms with Crippen LogP contribution in [0.15, 0.2) is 77.5 Å². The fourth-order valence-electron chi connectivity index (χ4n) is 4.35. The summed E-state index contributed by atoms with van der Waals surface area (Å²) in [6.07, 6.45) is 6.52. The second-order valence-electron chi connectivity index (χ2n) is 8.17. The number of nitrogens with zero attached hydrogens (tertiary/aromatic N) is 3. The highest BCUT2D eigenvalue weighted by molar-refractivity contribution is 5.78. The lowest BCUT2D eigenvalue weighted by Gasteiger charge is -2.31. The minimum Gasteiger partial charge on any atom is -0.440 e. The summed E-state index contributed by atoms with van der Waals surface area (Å²) in [4.78, 5) is 27.2. The zero-order valence-electron chi connectivity index (χ0n) is 17.9. The Morgan fingerprint density at radius 2 is 1.81 bits per heavy atom. The van der Waals surface area contributed by atoms with E-state index in [-0.39, 0.29) is 11.8 Å². The molecule has 0 spiro atoms. The topological polar surface area (TPSA) is 75.0 Å². The second-order valence-corrected chi connectivity index (χ2v) is 8.17. The van der Waals surface area contributed by atoms with Crippen LogP contribution in [0, 0.1) is 0 Å². The van der Waals surface area contributed by atoms with Crippen LogP contribution >= 0.6 is 0 Å². The van der Waals surface area contributed by atoms with Gasteiger partial charge in [-0.25, -0.2) is 9.97 Å². The Morgan fingerprint density at radius 1 is 1.06 bits per heavy atom. The largest absolute Gasteiger partial charge is 0.440 e. The summed E-state index contributed by atoms with van der Waals surface area (Å²) in [6, 6.07) is 20.0. The molecule has 1 aliphatic rings. The van der Waals surface area contributed by atoms with Gasteiger partial charge in [0.15, 0.2) is 11.7 Å². The molecule has 6 heteroatoms. The zero-order chi connectivity index (χ0) is 21.8. The number of rotatable bonds is 6. The molecule has 32 heavy (non-hydrogen) atoms. The molecule has 0 saturated carbocycles. The van der Waals surface area contributed by atoms with Crippen LogP contribution in [0.3, 0.4) is 0 Å². The number of benzene rings is 2. The molecule has 0 aliphatic carbocycles. The van der Waals surface area contributed by atoms with Crippen LogP contribution in [0.25, 0.3) is 22.6 Å². The molecular weight excluding hydrogens is 400 g/mol. The third-order valence-corrected chi connectivity index (χ3v) is 5.99. The number of hydrogen-bond donors (Lipinski definition) is 1. The Balaban J connectivity index is 1.31.